The molecular weight excluding hydrogens is 268 g/mol. The number of nitrogens with zero attached hydrogens (tertiary/aromatic N) is 3. The second-order valence-electron chi connectivity index (χ2n) is 6.42. The van der Waals surface area contributed by atoms with E-state index in [1.54, 1.807) is 4.90 Å². The van der Waals surface area contributed by atoms with Gasteiger partial charge in [0.15, 0.2) is 0 Å². The van der Waals surface area contributed by atoms with Crippen LogP contribution in [0.4, 0.5) is 0 Å². The van der Waals surface area contributed by atoms with Gasteiger partial charge in [-0.3, -0.25) is 14.5 Å². The van der Waals surface area contributed by atoms with Gasteiger partial charge in [0.25, 0.3) is 0 Å². The number of piperazine rings is 2. The molecule has 0 radical (unpaired) electrons. The van der Waals surface area contributed by atoms with Crippen LogP contribution in [0.5, 0.6) is 0 Å². The highest BCUT2D eigenvalue weighted by Crippen LogP contribution is 2.23. The first-order valence-corrected chi connectivity index (χ1v) is 7.91. The van der Waals surface area contributed by atoms with Gasteiger partial charge in [0.1, 0.15) is 5.54 Å². The number of hydrogen-bond acceptors (Lipinski definition) is 4. The molecule has 1 atom stereocenters. The summed E-state index contributed by atoms with van der Waals surface area (Å²) in [5, 5.41) is 2.91. The summed E-state index contributed by atoms with van der Waals surface area (Å²) in [4.78, 5) is 31.1. The molecule has 21 heavy (non-hydrogen) atoms. The monoisotopic (exact) mass is 296 g/mol. The van der Waals surface area contributed by atoms with E-state index in [0.29, 0.717) is 25.4 Å². The smallest absolute Gasteiger partial charge is 0.248 e. The Hall–Kier alpha value is -1.14. The molecule has 2 aliphatic heterocycles. The van der Waals surface area contributed by atoms with Gasteiger partial charge in [-0.15, -0.1) is 0 Å². The number of carbonyl (C=O) groups is 2. The van der Waals surface area contributed by atoms with Crippen molar-refractivity contribution >= 4 is 11.8 Å². The van der Waals surface area contributed by atoms with Gasteiger partial charge in [-0.05, 0) is 26.9 Å². The molecule has 0 spiro atoms. The van der Waals surface area contributed by atoms with Crippen LogP contribution >= 0.6 is 0 Å². The van der Waals surface area contributed by atoms with E-state index in [4.69, 9.17) is 0 Å². The summed E-state index contributed by atoms with van der Waals surface area (Å²) in [7, 11) is 4.20. The fraction of sp³-hybridized carbons (Fsp3) is 0.867. The minimum atomic E-state index is -0.700. The van der Waals surface area contributed by atoms with Crippen LogP contribution in [0.3, 0.4) is 0 Å². The maximum absolute atomic E-state index is 12.8. The van der Waals surface area contributed by atoms with Crippen molar-refractivity contribution in [3.8, 4) is 0 Å². The van der Waals surface area contributed by atoms with Crippen molar-refractivity contribution in [3.63, 3.8) is 0 Å². The second-order valence-corrected chi connectivity index (χ2v) is 6.42. The average molecular weight is 296 g/mol. The Morgan fingerprint density at radius 2 is 1.86 bits per heavy atom. The fourth-order valence-corrected chi connectivity index (χ4v) is 3.34. The van der Waals surface area contributed by atoms with Crippen LogP contribution in [0.25, 0.3) is 0 Å². The zero-order valence-corrected chi connectivity index (χ0v) is 13.7. The molecule has 0 saturated carbocycles. The van der Waals surface area contributed by atoms with Gasteiger partial charge < -0.3 is 15.1 Å². The lowest BCUT2D eigenvalue weighted by atomic mass is 9.88. The van der Waals surface area contributed by atoms with Gasteiger partial charge >= 0.3 is 0 Å². The number of likely N-dealkylation sites (N-methyl/N-ethyl adjacent to an activating group) is 2. The van der Waals surface area contributed by atoms with Crippen LogP contribution in [-0.2, 0) is 9.59 Å². The van der Waals surface area contributed by atoms with Gasteiger partial charge in [0.2, 0.25) is 11.8 Å². The molecule has 6 heteroatoms. The lowest BCUT2D eigenvalue weighted by molar-refractivity contribution is -0.151. The van der Waals surface area contributed by atoms with E-state index in [1.807, 2.05) is 13.8 Å². The summed E-state index contributed by atoms with van der Waals surface area (Å²) in [6.07, 6.45) is 1.29. The van der Waals surface area contributed by atoms with E-state index in [1.165, 1.54) is 0 Å². The van der Waals surface area contributed by atoms with Crippen LogP contribution in [0.15, 0.2) is 0 Å². The number of hydrogen-bond donors (Lipinski definition) is 1. The van der Waals surface area contributed by atoms with E-state index in [-0.39, 0.29) is 18.4 Å². The van der Waals surface area contributed by atoms with Crippen molar-refractivity contribution in [1.82, 2.24) is 20.0 Å². The average Bonchev–Trinajstić information content (AvgIpc) is 2.46. The van der Waals surface area contributed by atoms with Crippen molar-refractivity contribution in [2.75, 3.05) is 46.8 Å². The number of nitrogens with one attached hydrogen (secondary N) is 1. The van der Waals surface area contributed by atoms with Crippen molar-refractivity contribution in [2.45, 2.75) is 38.3 Å². The molecule has 6 nitrogen and oxygen atoms in total. The van der Waals surface area contributed by atoms with Crippen LogP contribution in [0.1, 0.15) is 26.7 Å². The molecule has 1 N–H and O–H groups in total. The summed E-state index contributed by atoms with van der Waals surface area (Å²) in [5.74, 6) is 0.0406. The zero-order valence-electron chi connectivity index (χ0n) is 13.7. The molecule has 0 aromatic rings. The van der Waals surface area contributed by atoms with Crippen LogP contribution < -0.4 is 5.32 Å². The number of rotatable bonds is 4. The fourth-order valence-electron chi connectivity index (χ4n) is 3.34. The lowest BCUT2D eigenvalue weighted by Crippen LogP contribution is -2.68. The molecular formula is C15H28N4O2. The minimum absolute atomic E-state index is 0.0369. The van der Waals surface area contributed by atoms with Crippen molar-refractivity contribution in [1.29, 1.82) is 0 Å². The van der Waals surface area contributed by atoms with Gasteiger partial charge in [-0.2, -0.15) is 0 Å². The second kappa shape index (κ2) is 6.32. The molecule has 0 aliphatic carbocycles. The van der Waals surface area contributed by atoms with Gasteiger partial charge in [-0.1, -0.05) is 13.8 Å². The molecule has 2 heterocycles. The first-order chi connectivity index (χ1) is 9.91. The Bertz CT molecular complexity index is 408. The Kier molecular flexibility index (Phi) is 4.88. The van der Waals surface area contributed by atoms with Gasteiger partial charge in [-0.25, -0.2) is 0 Å². The molecule has 2 aliphatic rings. The molecule has 2 saturated heterocycles. The zero-order chi connectivity index (χ0) is 15.6. The molecule has 2 rings (SSSR count). The third-order valence-corrected chi connectivity index (χ3v) is 5.03. The van der Waals surface area contributed by atoms with Crippen molar-refractivity contribution in [3.05, 3.63) is 0 Å². The Morgan fingerprint density at radius 1 is 1.19 bits per heavy atom. The van der Waals surface area contributed by atoms with E-state index >= 15 is 0 Å². The predicted molar refractivity (Wildman–Crippen MR) is 82.0 cm³/mol. The van der Waals surface area contributed by atoms with E-state index < -0.39 is 5.54 Å². The Morgan fingerprint density at radius 3 is 2.48 bits per heavy atom. The highest BCUT2D eigenvalue weighted by molar-refractivity contribution is 5.97. The van der Waals surface area contributed by atoms with Crippen molar-refractivity contribution in [2.24, 2.45) is 0 Å². The first-order valence-electron chi connectivity index (χ1n) is 7.91. The Balaban J connectivity index is 2.11. The molecule has 120 valence electrons. The topological polar surface area (TPSA) is 55.9 Å². The molecule has 2 fully saturated rings. The van der Waals surface area contributed by atoms with Gasteiger partial charge in [0.05, 0.1) is 6.54 Å². The Labute approximate surface area is 127 Å². The highest BCUT2D eigenvalue weighted by atomic mass is 16.2. The molecule has 0 bridgehead atoms. The normalized spacial score (nSPS) is 27.8. The third-order valence-electron chi connectivity index (χ3n) is 5.03. The van der Waals surface area contributed by atoms with E-state index in [2.05, 4.69) is 29.2 Å². The summed E-state index contributed by atoms with van der Waals surface area (Å²) in [6, 6.07) is 0.296. The SMILES string of the molecule is CCC1(CC)NC(=O)CN(CC2CN(C)CCN2C)C1=O. The standard InChI is InChI=1S/C15H28N4O2/c1-5-15(6-2)14(21)19(11-13(20)16-15)10-12-9-17(3)7-8-18(12)4/h12H,5-11H2,1-4H3,(H,16,20). The minimum Gasteiger partial charge on any atom is -0.340 e. The summed E-state index contributed by atoms with van der Waals surface area (Å²) >= 11 is 0. The molecule has 0 aromatic carbocycles. The largest absolute Gasteiger partial charge is 0.340 e. The van der Waals surface area contributed by atoms with Crippen LogP contribution in [-0.4, -0.2) is 84.9 Å². The highest BCUT2D eigenvalue weighted by Gasteiger charge is 2.44. The quantitative estimate of drug-likeness (QED) is 0.777. The van der Waals surface area contributed by atoms with Gasteiger partial charge in [0, 0.05) is 32.2 Å². The van der Waals surface area contributed by atoms with Crippen molar-refractivity contribution < 1.29 is 9.59 Å². The molecule has 2 amide bonds. The maximum Gasteiger partial charge on any atom is 0.248 e. The van der Waals surface area contributed by atoms with E-state index in [9.17, 15) is 9.59 Å². The maximum atomic E-state index is 12.8. The van der Waals surface area contributed by atoms with E-state index in [0.717, 1.165) is 19.6 Å². The molecule has 1 unspecified atom stereocenters. The summed E-state index contributed by atoms with van der Waals surface area (Å²) in [5.41, 5.74) is -0.700. The number of carbonyl (C=O) groups excluding carboxylic acids is 2. The van der Waals surface area contributed by atoms with Crippen LogP contribution in [0.2, 0.25) is 0 Å². The predicted octanol–water partition coefficient (Wildman–Crippen LogP) is -0.251. The number of amides is 2. The third kappa shape index (κ3) is 3.21. The first kappa shape index (κ1) is 16.2. The lowest BCUT2D eigenvalue weighted by Gasteiger charge is -2.45. The summed E-state index contributed by atoms with van der Waals surface area (Å²) in [6.45, 7) is 7.74. The molecule has 0 aromatic heterocycles. The summed E-state index contributed by atoms with van der Waals surface area (Å²) < 4.78 is 0. The van der Waals surface area contributed by atoms with Crippen LogP contribution in [0, 0.1) is 0 Å².